The molecule has 1 aliphatic rings. The number of carbonyl (C=O) groups excluding carboxylic acids is 3. The molecule has 0 saturated carbocycles. The van der Waals surface area contributed by atoms with Crippen molar-refractivity contribution in [2.75, 3.05) is 19.2 Å². The van der Waals surface area contributed by atoms with Gasteiger partial charge in [-0.2, -0.15) is 0 Å². The molecule has 1 aliphatic heterocycles. The Hall–Kier alpha value is -4.33. The number of para-hydroxylation sites is 1. The van der Waals surface area contributed by atoms with Gasteiger partial charge in [-0.25, -0.2) is 5.01 Å². The Kier molecular flexibility index (Phi) is 7.24. The number of anilines is 1. The number of hydrogen-bond acceptors (Lipinski definition) is 5. The lowest BCUT2D eigenvalue weighted by Crippen LogP contribution is -2.54. The van der Waals surface area contributed by atoms with E-state index < -0.39 is 17.9 Å². The molecule has 3 aromatic carbocycles. The molecule has 0 spiro atoms. The van der Waals surface area contributed by atoms with Crippen LogP contribution >= 0.6 is 0 Å². The Morgan fingerprint density at radius 3 is 2.22 bits per heavy atom. The monoisotopic (exact) mass is 487 g/mol. The predicted octanol–water partition coefficient (Wildman–Crippen LogP) is 3.60. The molecule has 2 N–H and O–H groups in total. The quantitative estimate of drug-likeness (QED) is 0.531. The van der Waals surface area contributed by atoms with Crippen molar-refractivity contribution in [1.29, 1.82) is 0 Å². The van der Waals surface area contributed by atoms with Crippen molar-refractivity contribution in [3.05, 3.63) is 77.9 Å². The minimum Gasteiger partial charge on any atom is -0.497 e. The summed E-state index contributed by atoms with van der Waals surface area (Å²) in [6.45, 7) is 3.39. The molecular formula is C28H29N3O5. The van der Waals surface area contributed by atoms with Crippen LogP contribution in [-0.2, 0) is 20.8 Å². The van der Waals surface area contributed by atoms with E-state index in [1.807, 2.05) is 49.4 Å². The standard InChI is InChI=1S/C28H29N3O5/c1-17-22-9-5-6-10-23(22)24-11-7-8-12-25(24)31(28(17)34)30-27(33)18(2)29-26(32)15-19-13-20(35-3)16-21(14-19)36-4/h5-14,16-18H,15H2,1-4H3,(H,29,32)(H,30,33)/t17-,18-/m0/s1. The van der Waals surface area contributed by atoms with Crippen LogP contribution in [0.1, 0.15) is 30.9 Å². The number of fused-ring (bicyclic) bond motifs is 3. The van der Waals surface area contributed by atoms with Gasteiger partial charge in [0.2, 0.25) is 5.91 Å². The fourth-order valence-corrected chi connectivity index (χ4v) is 4.30. The Balaban J connectivity index is 1.50. The van der Waals surface area contributed by atoms with E-state index in [0.29, 0.717) is 22.7 Å². The fourth-order valence-electron chi connectivity index (χ4n) is 4.30. The first-order chi connectivity index (χ1) is 17.3. The second kappa shape index (κ2) is 10.5. The molecule has 1 heterocycles. The van der Waals surface area contributed by atoms with Crippen LogP contribution in [0.25, 0.3) is 11.1 Å². The van der Waals surface area contributed by atoms with Gasteiger partial charge in [0.05, 0.1) is 32.2 Å². The minimum absolute atomic E-state index is 0.0308. The van der Waals surface area contributed by atoms with E-state index in [2.05, 4.69) is 10.7 Å². The SMILES string of the molecule is COc1cc(CC(=O)N[C@@H](C)C(=O)NN2C(=O)[C@@H](C)c3ccccc3-c3ccccc32)cc(OC)c1. The highest BCUT2D eigenvalue weighted by atomic mass is 16.5. The largest absolute Gasteiger partial charge is 0.497 e. The molecular weight excluding hydrogens is 458 g/mol. The van der Waals surface area contributed by atoms with Gasteiger partial charge in [0, 0.05) is 11.6 Å². The molecule has 0 bridgehead atoms. The first-order valence-electron chi connectivity index (χ1n) is 11.7. The second-order valence-corrected chi connectivity index (χ2v) is 8.66. The summed E-state index contributed by atoms with van der Waals surface area (Å²) in [7, 11) is 3.07. The average molecular weight is 488 g/mol. The van der Waals surface area contributed by atoms with Crippen LogP contribution < -0.4 is 25.2 Å². The van der Waals surface area contributed by atoms with Crippen molar-refractivity contribution in [3.63, 3.8) is 0 Å². The Morgan fingerprint density at radius 1 is 0.944 bits per heavy atom. The topological polar surface area (TPSA) is 97.0 Å². The van der Waals surface area contributed by atoms with Crippen LogP contribution in [0.3, 0.4) is 0 Å². The zero-order chi connectivity index (χ0) is 25.8. The molecule has 0 fully saturated rings. The number of amides is 3. The van der Waals surface area contributed by atoms with Crippen molar-refractivity contribution < 1.29 is 23.9 Å². The summed E-state index contributed by atoms with van der Waals surface area (Å²) >= 11 is 0. The van der Waals surface area contributed by atoms with Crippen LogP contribution in [0.4, 0.5) is 5.69 Å². The highest BCUT2D eigenvalue weighted by molar-refractivity contribution is 6.06. The highest BCUT2D eigenvalue weighted by Gasteiger charge is 2.33. The molecule has 8 heteroatoms. The van der Waals surface area contributed by atoms with Gasteiger partial charge in [-0.15, -0.1) is 0 Å². The van der Waals surface area contributed by atoms with Crippen molar-refractivity contribution >= 4 is 23.4 Å². The van der Waals surface area contributed by atoms with Crippen molar-refractivity contribution in [1.82, 2.24) is 10.7 Å². The third-order valence-corrected chi connectivity index (χ3v) is 6.22. The number of methoxy groups -OCH3 is 2. The first-order valence-corrected chi connectivity index (χ1v) is 11.7. The third-order valence-electron chi connectivity index (χ3n) is 6.22. The van der Waals surface area contributed by atoms with Gasteiger partial charge < -0.3 is 14.8 Å². The Labute approximate surface area is 210 Å². The van der Waals surface area contributed by atoms with Gasteiger partial charge in [0.15, 0.2) is 0 Å². The molecule has 3 amide bonds. The summed E-state index contributed by atoms with van der Waals surface area (Å²) in [4.78, 5) is 39.2. The number of hydrogen-bond donors (Lipinski definition) is 2. The van der Waals surface area contributed by atoms with Gasteiger partial charge in [-0.05, 0) is 48.7 Å². The third kappa shape index (κ3) is 5.02. The number of hydrazine groups is 1. The fraction of sp³-hybridized carbons (Fsp3) is 0.250. The van der Waals surface area contributed by atoms with E-state index in [1.54, 1.807) is 31.2 Å². The molecule has 3 aromatic rings. The summed E-state index contributed by atoms with van der Waals surface area (Å²) in [6, 6.07) is 19.5. The van der Waals surface area contributed by atoms with E-state index >= 15 is 0 Å². The van der Waals surface area contributed by atoms with E-state index in [0.717, 1.165) is 16.7 Å². The maximum atomic E-state index is 13.4. The molecule has 4 rings (SSSR count). The molecule has 0 aliphatic carbocycles. The molecule has 2 atom stereocenters. The number of rotatable bonds is 7. The van der Waals surface area contributed by atoms with Crippen LogP contribution in [0.15, 0.2) is 66.7 Å². The summed E-state index contributed by atoms with van der Waals surface area (Å²) in [5, 5.41) is 3.99. The molecule has 186 valence electrons. The van der Waals surface area contributed by atoms with Gasteiger partial charge >= 0.3 is 0 Å². The number of nitrogens with one attached hydrogen (secondary N) is 2. The van der Waals surface area contributed by atoms with Crippen molar-refractivity contribution in [3.8, 4) is 22.6 Å². The van der Waals surface area contributed by atoms with Gasteiger partial charge in [-0.3, -0.25) is 19.8 Å². The summed E-state index contributed by atoms with van der Waals surface area (Å²) < 4.78 is 10.5. The maximum absolute atomic E-state index is 13.4. The van der Waals surface area contributed by atoms with Crippen molar-refractivity contribution in [2.45, 2.75) is 32.2 Å². The normalized spacial score (nSPS) is 15.2. The van der Waals surface area contributed by atoms with E-state index in [9.17, 15) is 14.4 Å². The van der Waals surface area contributed by atoms with Crippen LogP contribution in [0.5, 0.6) is 11.5 Å². The zero-order valence-electron chi connectivity index (χ0n) is 20.7. The van der Waals surface area contributed by atoms with E-state index in [-0.39, 0.29) is 18.2 Å². The summed E-state index contributed by atoms with van der Waals surface area (Å²) in [6.07, 6.45) is 0.0308. The van der Waals surface area contributed by atoms with Crippen LogP contribution in [-0.4, -0.2) is 38.0 Å². The molecule has 0 radical (unpaired) electrons. The molecule has 8 nitrogen and oxygen atoms in total. The lowest BCUT2D eigenvalue weighted by molar-refractivity contribution is -0.130. The first kappa shape index (κ1) is 24.8. The lowest BCUT2D eigenvalue weighted by atomic mass is 9.92. The van der Waals surface area contributed by atoms with Gasteiger partial charge in [0.1, 0.15) is 17.5 Å². The number of ether oxygens (including phenoxy) is 2. The number of benzene rings is 3. The van der Waals surface area contributed by atoms with Gasteiger partial charge in [-0.1, -0.05) is 42.5 Å². The molecule has 0 saturated heterocycles. The minimum atomic E-state index is -0.883. The highest BCUT2D eigenvalue weighted by Crippen LogP contribution is 2.39. The number of nitrogens with zero attached hydrogens (tertiary/aromatic N) is 1. The van der Waals surface area contributed by atoms with Crippen molar-refractivity contribution in [2.24, 2.45) is 0 Å². The van der Waals surface area contributed by atoms with Crippen LogP contribution in [0.2, 0.25) is 0 Å². The Bertz CT molecular complexity index is 1280. The number of carbonyl (C=O) groups is 3. The lowest BCUT2D eigenvalue weighted by Gasteiger charge is -2.27. The van der Waals surface area contributed by atoms with Gasteiger partial charge in [0.25, 0.3) is 11.8 Å². The average Bonchev–Trinajstić information content (AvgIpc) is 2.98. The summed E-state index contributed by atoms with van der Waals surface area (Å²) in [5.41, 5.74) is 6.66. The molecule has 0 unspecified atom stereocenters. The molecule has 36 heavy (non-hydrogen) atoms. The van der Waals surface area contributed by atoms with E-state index in [1.165, 1.54) is 19.2 Å². The maximum Gasteiger partial charge on any atom is 0.261 e. The Morgan fingerprint density at radius 2 is 1.56 bits per heavy atom. The summed E-state index contributed by atoms with van der Waals surface area (Å²) in [5.74, 6) is -0.457. The second-order valence-electron chi connectivity index (χ2n) is 8.66. The smallest absolute Gasteiger partial charge is 0.261 e. The zero-order valence-corrected chi connectivity index (χ0v) is 20.7. The molecule has 0 aromatic heterocycles. The van der Waals surface area contributed by atoms with Crippen LogP contribution in [0, 0.1) is 0 Å². The van der Waals surface area contributed by atoms with E-state index in [4.69, 9.17) is 9.47 Å². The predicted molar refractivity (Wildman–Crippen MR) is 137 cm³/mol.